The van der Waals surface area contributed by atoms with Crippen LogP contribution in [0.25, 0.3) is 0 Å². The molecule has 0 aliphatic heterocycles. The highest BCUT2D eigenvalue weighted by molar-refractivity contribution is 5.48. The van der Waals surface area contributed by atoms with Crippen LogP contribution < -0.4 is 0 Å². The van der Waals surface area contributed by atoms with Gasteiger partial charge in [0.15, 0.2) is 0 Å². The summed E-state index contributed by atoms with van der Waals surface area (Å²) in [5, 5.41) is 0. The average molecular weight is 351 g/mol. The van der Waals surface area contributed by atoms with E-state index in [-0.39, 0.29) is 0 Å². The third-order valence-corrected chi connectivity index (χ3v) is 5.08. The Morgan fingerprint density at radius 1 is 0.440 bits per heavy atom. The van der Waals surface area contributed by atoms with Crippen molar-refractivity contribution >= 4 is 6.29 Å². The molecule has 0 aromatic carbocycles. The van der Waals surface area contributed by atoms with Crippen molar-refractivity contribution in [3.63, 3.8) is 0 Å². The Bertz CT molecular complexity index is 269. The maximum absolute atomic E-state index is 10.2. The molecule has 0 fully saturated rings. The Balaban J connectivity index is 3.04. The van der Waals surface area contributed by atoms with Crippen molar-refractivity contribution in [2.24, 2.45) is 0 Å². The van der Waals surface area contributed by atoms with Crippen molar-refractivity contribution in [2.75, 3.05) is 0 Å². The Hall–Kier alpha value is -0.590. The molecule has 1 heteroatoms. The summed E-state index contributed by atoms with van der Waals surface area (Å²) in [7, 11) is 0. The van der Waals surface area contributed by atoms with Gasteiger partial charge in [0.25, 0.3) is 0 Å². The fourth-order valence-corrected chi connectivity index (χ4v) is 3.36. The summed E-state index contributed by atoms with van der Waals surface area (Å²) in [4.78, 5) is 10.2. The monoisotopic (exact) mass is 350 g/mol. The van der Waals surface area contributed by atoms with Crippen LogP contribution in [0.15, 0.2) is 12.2 Å². The van der Waals surface area contributed by atoms with E-state index in [1.165, 1.54) is 116 Å². The van der Waals surface area contributed by atoms with Crippen LogP contribution in [-0.4, -0.2) is 6.29 Å². The maximum Gasteiger partial charge on any atom is 0.119 e. The minimum absolute atomic E-state index is 0.758. The van der Waals surface area contributed by atoms with Gasteiger partial charge in [-0.1, -0.05) is 109 Å². The van der Waals surface area contributed by atoms with Gasteiger partial charge >= 0.3 is 0 Å². The number of unbranched alkanes of at least 4 members (excludes halogenated alkanes) is 18. The van der Waals surface area contributed by atoms with Gasteiger partial charge in [0.1, 0.15) is 6.29 Å². The smallest absolute Gasteiger partial charge is 0.119 e. The first-order valence-corrected chi connectivity index (χ1v) is 11.5. The molecule has 0 saturated carbocycles. The normalized spacial score (nSPS) is 11.4. The number of allylic oxidation sites excluding steroid dienone is 2. The van der Waals surface area contributed by atoms with E-state index in [2.05, 4.69) is 19.1 Å². The van der Waals surface area contributed by atoms with E-state index in [9.17, 15) is 4.79 Å². The van der Waals surface area contributed by atoms with Crippen LogP contribution in [0.2, 0.25) is 0 Å². The fourth-order valence-electron chi connectivity index (χ4n) is 3.36. The molecule has 0 N–H and O–H groups in total. The van der Waals surface area contributed by atoms with Crippen LogP contribution in [-0.2, 0) is 4.79 Å². The van der Waals surface area contributed by atoms with E-state index in [0.717, 1.165) is 19.1 Å². The van der Waals surface area contributed by atoms with Crippen LogP contribution in [0.1, 0.15) is 135 Å². The Morgan fingerprint density at radius 3 is 1.12 bits per heavy atom. The molecule has 0 amide bonds. The summed E-state index contributed by atoms with van der Waals surface area (Å²) in [6.07, 6.45) is 32.5. The van der Waals surface area contributed by atoms with Gasteiger partial charge < -0.3 is 4.79 Å². The van der Waals surface area contributed by atoms with E-state index in [1.807, 2.05) is 0 Å². The molecule has 0 aromatic rings. The first-order chi connectivity index (χ1) is 12.4. The van der Waals surface area contributed by atoms with Gasteiger partial charge in [-0.25, -0.2) is 0 Å². The molecule has 25 heavy (non-hydrogen) atoms. The van der Waals surface area contributed by atoms with E-state index < -0.39 is 0 Å². The number of hydrogen-bond acceptors (Lipinski definition) is 1. The minimum Gasteiger partial charge on any atom is -0.303 e. The lowest BCUT2D eigenvalue weighted by Crippen LogP contribution is -1.83. The molecule has 0 saturated heterocycles. The third-order valence-electron chi connectivity index (χ3n) is 5.08. The summed E-state index contributed by atoms with van der Waals surface area (Å²) in [5.41, 5.74) is 0. The molecule has 1 nitrogen and oxygen atoms in total. The van der Waals surface area contributed by atoms with Gasteiger partial charge in [0.2, 0.25) is 0 Å². The summed E-state index contributed by atoms with van der Waals surface area (Å²) in [6, 6.07) is 0. The molecule has 0 aliphatic carbocycles. The molecule has 0 rings (SSSR count). The van der Waals surface area contributed by atoms with Crippen molar-refractivity contribution in [1.82, 2.24) is 0 Å². The average Bonchev–Trinajstić information content (AvgIpc) is 2.63. The predicted molar refractivity (Wildman–Crippen MR) is 113 cm³/mol. The lowest BCUT2D eigenvalue weighted by atomic mass is 10.0. The number of hydrogen-bond donors (Lipinski definition) is 0. The zero-order valence-electron chi connectivity index (χ0n) is 17.3. The Kier molecular flexibility index (Phi) is 22.9. The number of carbonyl (C=O) groups excluding carboxylic acids is 1. The number of rotatable bonds is 21. The van der Waals surface area contributed by atoms with Crippen LogP contribution >= 0.6 is 0 Å². The zero-order chi connectivity index (χ0) is 18.3. The van der Waals surface area contributed by atoms with E-state index in [4.69, 9.17) is 0 Å². The van der Waals surface area contributed by atoms with Crippen molar-refractivity contribution < 1.29 is 4.79 Å². The van der Waals surface area contributed by atoms with Gasteiger partial charge in [0, 0.05) is 6.42 Å². The van der Waals surface area contributed by atoms with E-state index in [0.29, 0.717) is 0 Å². The van der Waals surface area contributed by atoms with Gasteiger partial charge in [-0.05, 0) is 32.1 Å². The van der Waals surface area contributed by atoms with E-state index >= 15 is 0 Å². The van der Waals surface area contributed by atoms with Crippen molar-refractivity contribution in [1.29, 1.82) is 0 Å². The zero-order valence-corrected chi connectivity index (χ0v) is 17.3. The molecule has 148 valence electrons. The van der Waals surface area contributed by atoms with Crippen molar-refractivity contribution in [2.45, 2.75) is 135 Å². The third kappa shape index (κ3) is 23.4. The second-order valence-electron chi connectivity index (χ2n) is 7.66. The summed E-state index contributed by atoms with van der Waals surface area (Å²) < 4.78 is 0. The molecule has 0 heterocycles. The second kappa shape index (κ2) is 23.4. The predicted octanol–water partition coefficient (Wildman–Crippen LogP) is 8.56. The van der Waals surface area contributed by atoms with Crippen LogP contribution in [0.5, 0.6) is 0 Å². The highest BCUT2D eigenvalue weighted by atomic mass is 16.1. The highest BCUT2D eigenvalue weighted by Gasteiger charge is 1.93. The van der Waals surface area contributed by atoms with Gasteiger partial charge in [-0.15, -0.1) is 0 Å². The minimum atomic E-state index is 0.758. The molecule has 0 atom stereocenters. The second-order valence-corrected chi connectivity index (χ2v) is 7.66. The molecule has 0 spiro atoms. The molecule has 0 bridgehead atoms. The lowest BCUT2D eigenvalue weighted by molar-refractivity contribution is -0.107. The molecular formula is C24H46O. The maximum atomic E-state index is 10.2. The van der Waals surface area contributed by atoms with Crippen LogP contribution in [0.4, 0.5) is 0 Å². The summed E-state index contributed by atoms with van der Waals surface area (Å²) >= 11 is 0. The fraction of sp³-hybridized carbons (Fsp3) is 0.875. The van der Waals surface area contributed by atoms with Gasteiger partial charge in [0.05, 0.1) is 0 Å². The largest absolute Gasteiger partial charge is 0.303 e. The van der Waals surface area contributed by atoms with Crippen molar-refractivity contribution in [3.8, 4) is 0 Å². The molecule has 0 aliphatic rings. The topological polar surface area (TPSA) is 17.1 Å². The lowest BCUT2D eigenvalue weighted by Gasteiger charge is -2.02. The number of aldehydes is 1. The Labute approximate surface area is 159 Å². The molecular weight excluding hydrogens is 304 g/mol. The van der Waals surface area contributed by atoms with Crippen LogP contribution in [0.3, 0.4) is 0 Å². The first kappa shape index (κ1) is 24.4. The quantitative estimate of drug-likeness (QED) is 0.115. The molecule has 0 radical (unpaired) electrons. The van der Waals surface area contributed by atoms with Crippen LogP contribution in [0, 0.1) is 0 Å². The standard InChI is InChI=1S/C24H46O/c1-2-3-4-5-6-7-8-9-10-11-12-13-14-15-16-17-18-19-20-21-22-23-24-25/h9-10,24H,2-8,11-23H2,1H3/b10-9-. The highest BCUT2D eigenvalue weighted by Crippen LogP contribution is 2.13. The van der Waals surface area contributed by atoms with Crippen molar-refractivity contribution in [3.05, 3.63) is 12.2 Å². The molecule has 0 unspecified atom stereocenters. The van der Waals surface area contributed by atoms with Gasteiger partial charge in [-0.3, -0.25) is 0 Å². The van der Waals surface area contributed by atoms with Gasteiger partial charge in [-0.2, -0.15) is 0 Å². The van der Waals surface area contributed by atoms with E-state index in [1.54, 1.807) is 0 Å². The Morgan fingerprint density at radius 2 is 0.760 bits per heavy atom. The molecule has 0 aromatic heterocycles. The summed E-state index contributed by atoms with van der Waals surface area (Å²) in [5.74, 6) is 0. The SMILES string of the molecule is CCCCCCCC/C=C\CCCCCCCCCCCCCC=O. The summed E-state index contributed by atoms with van der Waals surface area (Å²) in [6.45, 7) is 2.28. The number of carbonyl (C=O) groups is 1. The first-order valence-electron chi connectivity index (χ1n) is 11.5.